The van der Waals surface area contributed by atoms with Crippen LogP contribution in [0.5, 0.6) is 0 Å². The number of allylic oxidation sites excluding steroid dienone is 10. The molecule has 1 aliphatic carbocycles. The van der Waals surface area contributed by atoms with Crippen molar-refractivity contribution in [2.45, 2.75) is 107 Å². The van der Waals surface area contributed by atoms with Crippen molar-refractivity contribution in [2.24, 2.45) is 11.3 Å². The smallest absolute Gasteiger partial charge is 0.142 e. The molecule has 0 spiro atoms. The van der Waals surface area contributed by atoms with E-state index in [1.807, 2.05) is 13.8 Å². The van der Waals surface area contributed by atoms with Crippen LogP contribution in [0.25, 0.3) is 0 Å². The first-order valence-electron chi connectivity index (χ1n) is 12.5. The van der Waals surface area contributed by atoms with E-state index in [-0.39, 0.29) is 0 Å². The van der Waals surface area contributed by atoms with Crippen molar-refractivity contribution in [3.05, 3.63) is 58.2 Å². The third-order valence-electron chi connectivity index (χ3n) is 5.74. The Labute approximate surface area is 210 Å². The van der Waals surface area contributed by atoms with Crippen molar-refractivity contribution in [1.29, 1.82) is 0 Å². The molecule has 0 aromatic carbocycles. The fraction of sp³-hybridized carbons (Fsp3) is 0.581. The highest BCUT2D eigenvalue weighted by Crippen LogP contribution is 2.54. The van der Waals surface area contributed by atoms with Crippen molar-refractivity contribution in [3.8, 4) is 0 Å². The minimum absolute atomic E-state index is 0.341. The zero-order valence-electron chi connectivity index (χ0n) is 23.4. The summed E-state index contributed by atoms with van der Waals surface area (Å²) in [4.78, 5) is 30.5. The number of carbonyl (C=O) groups is 3. The van der Waals surface area contributed by atoms with E-state index in [2.05, 4.69) is 66.7 Å². The van der Waals surface area contributed by atoms with Gasteiger partial charge in [-0.2, -0.15) is 0 Å². The first-order chi connectivity index (χ1) is 15.9. The lowest BCUT2D eigenvalue weighted by Gasteiger charge is -2.05. The first-order valence-corrected chi connectivity index (χ1v) is 12.5. The molecule has 0 heterocycles. The van der Waals surface area contributed by atoms with Crippen molar-refractivity contribution in [1.82, 2.24) is 0 Å². The molecular weight excluding hydrogens is 420 g/mol. The van der Waals surface area contributed by atoms with Crippen molar-refractivity contribution >= 4 is 18.9 Å². The van der Waals surface area contributed by atoms with Crippen molar-refractivity contribution in [3.63, 3.8) is 0 Å². The van der Waals surface area contributed by atoms with Crippen LogP contribution >= 0.6 is 0 Å². The Bertz CT molecular complexity index is 708. The summed E-state index contributed by atoms with van der Waals surface area (Å²) in [5.41, 5.74) is 6.69. The van der Waals surface area contributed by atoms with Gasteiger partial charge in [0.25, 0.3) is 0 Å². The molecule has 1 saturated carbocycles. The van der Waals surface area contributed by atoms with Gasteiger partial charge in [-0.3, -0.25) is 9.59 Å². The predicted molar refractivity (Wildman–Crippen MR) is 148 cm³/mol. The van der Waals surface area contributed by atoms with Crippen LogP contribution in [0.15, 0.2) is 58.2 Å². The summed E-state index contributed by atoms with van der Waals surface area (Å²) in [6, 6.07) is 0. The molecular formula is C31H50O3. The van der Waals surface area contributed by atoms with Crippen LogP contribution < -0.4 is 0 Å². The maximum atomic E-state index is 10.5. The minimum Gasteiger partial charge on any atom is -0.303 e. The normalized spacial score (nSPS) is 18.7. The minimum atomic E-state index is 0.341. The van der Waals surface area contributed by atoms with E-state index in [1.165, 1.54) is 23.1 Å². The Kier molecular flexibility index (Phi) is 20.0. The molecule has 0 amide bonds. The average molecular weight is 471 g/mol. The highest BCUT2D eigenvalue weighted by molar-refractivity contribution is 5.66. The van der Waals surface area contributed by atoms with E-state index >= 15 is 0 Å². The summed E-state index contributed by atoms with van der Waals surface area (Å²) >= 11 is 0. The number of hydrogen-bond acceptors (Lipinski definition) is 3. The summed E-state index contributed by atoms with van der Waals surface area (Å²) in [6.45, 7) is 18.7. The number of aldehydes is 3. The van der Waals surface area contributed by atoms with E-state index in [9.17, 15) is 14.4 Å². The van der Waals surface area contributed by atoms with Crippen LogP contribution in [0.2, 0.25) is 0 Å². The second kappa shape index (κ2) is 20.1. The Balaban J connectivity index is 0. The molecule has 3 nitrogen and oxygen atoms in total. The molecule has 0 aromatic rings. The second-order valence-corrected chi connectivity index (χ2v) is 10.4. The zero-order chi connectivity index (χ0) is 26.6. The van der Waals surface area contributed by atoms with Gasteiger partial charge in [0.1, 0.15) is 18.9 Å². The number of hydrogen-bond donors (Lipinski definition) is 0. The molecule has 1 rings (SSSR count). The van der Waals surface area contributed by atoms with Gasteiger partial charge in [0, 0.05) is 5.92 Å². The average Bonchev–Trinajstić information content (AvgIpc) is 3.38. The molecule has 2 atom stereocenters. The second-order valence-electron chi connectivity index (χ2n) is 10.4. The Morgan fingerprint density at radius 3 is 1.35 bits per heavy atom. The fourth-order valence-electron chi connectivity index (χ4n) is 3.21. The first kappa shape index (κ1) is 33.9. The van der Waals surface area contributed by atoms with Gasteiger partial charge in [-0.1, -0.05) is 53.0 Å². The molecule has 0 aromatic heterocycles. The SMILES string of the molecule is CC(C)=CCC/C(C)=C/C=O.CC(C)=CCC/C(C)=C\C=O.CC(C)=CCCC1(C)CC1C=O. The lowest BCUT2D eigenvalue weighted by Crippen LogP contribution is -1.97. The lowest BCUT2D eigenvalue weighted by molar-refractivity contribution is -0.109. The maximum Gasteiger partial charge on any atom is 0.142 e. The van der Waals surface area contributed by atoms with Crippen LogP contribution in [0.4, 0.5) is 0 Å². The summed E-state index contributed by atoms with van der Waals surface area (Å²) in [5, 5.41) is 0. The molecule has 0 N–H and O–H groups in total. The molecule has 192 valence electrons. The summed E-state index contributed by atoms with van der Waals surface area (Å²) in [7, 11) is 0. The van der Waals surface area contributed by atoms with Gasteiger partial charge in [-0.05, 0) is 118 Å². The quantitative estimate of drug-likeness (QED) is 0.163. The van der Waals surface area contributed by atoms with Crippen LogP contribution in [0.3, 0.4) is 0 Å². The highest BCUT2D eigenvalue weighted by atomic mass is 16.1. The van der Waals surface area contributed by atoms with Gasteiger partial charge in [0.05, 0.1) is 0 Å². The molecule has 0 radical (unpaired) electrons. The summed E-state index contributed by atoms with van der Waals surface area (Å²) in [5.74, 6) is 0.350. The third kappa shape index (κ3) is 21.6. The summed E-state index contributed by atoms with van der Waals surface area (Å²) in [6.07, 6.45) is 20.1. The molecule has 34 heavy (non-hydrogen) atoms. The van der Waals surface area contributed by atoms with E-state index in [0.29, 0.717) is 11.3 Å². The van der Waals surface area contributed by atoms with Gasteiger partial charge >= 0.3 is 0 Å². The van der Waals surface area contributed by atoms with Gasteiger partial charge in [-0.15, -0.1) is 0 Å². The van der Waals surface area contributed by atoms with Crippen LogP contribution in [-0.4, -0.2) is 18.9 Å². The molecule has 2 unspecified atom stereocenters. The molecule has 1 fully saturated rings. The van der Waals surface area contributed by atoms with E-state index in [4.69, 9.17) is 0 Å². The molecule has 0 bridgehead atoms. The molecule has 0 saturated heterocycles. The maximum absolute atomic E-state index is 10.5. The zero-order valence-corrected chi connectivity index (χ0v) is 23.4. The summed E-state index contributed by atoms with van der Waals surface area (Å²) < 4.78 is 0. The van der Waals surface area contributed by atoms with Crippen LogP contribution in [0, 0.1) is 11.3 Å². The van der Waals surface area contributed by atoms with Gasteiger partial charge < -0.3 is 4.79 Å². The molecule has 3 heteroatoms. The largest absolute Gasteiger partial charge is 0.303 e. The Morgan fingerprint density at radius 1 is 0.676 bits per heavy atom. The number of rotatable bonds is 12. The van der Waals surface area contributed by atoms with E-state index in [1.54, 1.807) is 12.2 Å². The van der Waals surface area contributed by atoms with Crippen molar-refractivity contribution < 1.29 is 14.4 Å². The highest BCUT2D eigenvalue weighted by Gasteiger charge is 2.48. The van der Waals surface area contributed by atoms with Crippen molar-refractivity contribution in [2.75, 3.05) is 0 Å². The fourth-order valence-corrected chi connectivity index (χ4v) is 3.21. The van der Waals surface area contributed by atoms with E-state index < -0.39 is 0 Å². The third-order valence-corrected chi connectivity index (χ3v) is 5.74. The van der Waals surface area contributed by atoms with Gasteiger partial charge in [0.15, 0.2) is 0 Å². The monoisotopic (exact) mass is 470 g/mol. The molecule has 1 aliphatic rings. The van der Waals surface area contributed by atoms with Crippen LogP contribution in [-0.2, 0) is 14.4 Å². The van der Waals surface area contributed by atoms with Gasteiger partial charge in [0.2, 0.25) is 0 Å². The topological polar surface area (TPSA) is 51.2 Å². The lowest BCUT2D eigenvalue weighted by atomic mass is 9.99. The Hall–Kier alpha value is -2.29. The van der Waals surface area contributed by atoms with Gasteiger partial charge in [-0.25, -0.2) is 0 Å². The van der Waals surface area contributed by atoms with Crippen LogP contribution in [0.1, 0.15) is 107 Å². The number of carbonyl (C=O) groups excluding carboxylic acids is 3. The Morgan fingerprint density at radius 2 is 1.06 bits per heavy atom. The van der Waals surface area contributed by atoms with E-state index in [0.717, 1.165) is 68.5 Å². The predicted octanol–water partition coefficient (Wildman–Crippen LogP) is 8.71. The molecule has 0 aliphatic heterocycles. The standard InChI is InChI=1S/C11H18O.2C10H16O/c1-9(2)5-4-6-11(3)7-10(11)8-12;2*1-9(2)5-4-6-10(3)7-8-11/h5,8,10H,4,6-7H2,1-3H3;2*5,7-8H,4,6H2,1-3H3/b;10-7+;10-7-.